The van der Waals surface area contributed by atoms with E-state index in [0.29, 0.717) is 23.6 Å². The highest BCUT2D eigenvalue weighted by Crippen LogP contribution is 2.21. The van der Waals surface area contributed by atoms with Crippen molar-refractivity contribution in [3.63, 3.8) is 0 Å². The second-order valence-corrected chi connectivity index (χ2v) is 7.49. The van der Waals surface area contributed by atoms with Crippen LogP contribution in [0.5, 0.6) is 0 Å². The molecule has 2 aromatic heterocycles. The number of carbonyl (C=O) groups is 1. The second kappa shape index (κ2) is 10.7. The van der Waals surface area contributed by atoms with Gasteiger partial charge < -0.3 is 9.30 Å². The monoisotopic (exact) mass is 423 g/mol. The van der Waals surface area contributed by atoms with Crippen LogP contribution in [0.1, 0.15) is 42.4 Å². The highest BCUT2D eigenvalue weighted by molar-refractivity contribution is 6.31. The largest absolute Gasteiger partial charge is 0.466 e. The van der Waals surface area contributed by atoms with Gasteiger partial charge in [0.15, 0.2) is 0 Å². The number of pyridine rings is 1. The minimum absolute atomic E-state index is 0.362. The number of methoxy groups -OCH3 is 1. The van der Waals surface area contributed by atoms with Crippen LogP contribution in [0.25, 0.3) is 6.08 Å². The van der Waals surface area contributed by atoms with E-state index in [2.05, 4.69) is 21.5 Å². The summed E-state index contributed by atoms with van der Waals surface area (Å²) in [6, 6.07) is 11.6. The molecule has 0 N–H and O–H groups in total. The Balaban J connectivity index is 2.00. The summed E-state index contributed by atoms with van der Waals surface area (Å²) in [5.41, 5.74) is 3.35. The lowest BCUT2D eigenvalue weighted by Crippen LogP contribution is -2.11. The predicted octanol–water partition coefficient (Wildman–Crippen LogP) is 5.12. The molecular weight excluding hydrogens is 398 g/mol. The Hall–Kier alpha value is -2.92. The third kappa shape index (κ3) is 5.57. The number of unbranched alkanes of at least 4 members (excludes halogenated alkanes) is 1. The predicted molar refractivity (Wildman–Crippen MR) is 119 cm³/mol. The molecule has 0 aliphatic heterocycles. The summed E-state index contributed by atoms with van der Waals surface area (Å²) in [7, 11) is 1.40. The molecule has 0 aliphatic rings. The van der Waals surface area contributed by atoms with Gasteiger partial charge in [0.25, 0.3) is 0 Å². The molecule has 1 aromatic carbocycles. The van der Waals surface area contributed by atoms with Crippen molar-refractivity contribution < 1.29 is 9.53 Å². The van der Waals surface area contributed by atoms with Gasteiger partial charge in [-0.25, -0.2) is 9.78 Å². The first-order chi connectivity index (χ1) is 14.6. The maximum Gasteiger partial charge on any atom is 0.334 e. The van der Waals surface area contributed by atoms with E-state index in [4.69, 9.17) is 16.3 Å². The van der Waals surface area contributed by atoms with E-state index in [-0.39, 0.29) is 5.97 Å². The Labute approximate surface area is 182 Å². The van der Waals surface area contributed by atoms with Crippen molar-refractivity contribution in [1.82, 2.24) is 14.5 Å². The Morgan fingerprint density at radius 2 is 2.03 bits per heavy atom. The molecular formula is C24H26ClN3O2. The van der Waals surface area contributed by atoms with Crippen LogP contribution < -0.4 is 0 Å². The van der Waals surface area contributed by atoms with Crippen LogP contribution in [0.2, 0.25) is 5.02 Å². The fraction of sp³-hybridized carbons (Fsp3) is 0.292. The average molecular weight is 424 g/mol. The van der Waals surface area contributed by atoms with E-state index < -0.39 is 0 Å². The number of hydrogen-bond acceptors (Lipinski definition) is 4. The third-order valence-electron chi connectivity index (χ3n) is 4.90. The van der Waals surface area contributed by atoms with Gasteiger partial charge in [-0.15, -0.1) is 0 Å². The quantitative estimate of drug-likeness (QED) is 0.354. The van der Waals surface area contributed by atoms with Crippen molar-refractivity contribution in [2.75, 3.05) is 7.11 Å². The molecule has 156 valence electrons. The topological polar surface area (TPSA) is 57.0 Å². The fourth-order valence-corrected chi connectivity index (χ4v) is 3.47. The summed E-state index contributed by atoms with van der Waals surface area (Å²) < 4.78 is 7.16. The van der Waals surface area contributed by atoms with Crippen LogP contribution in [-0.2, 0) is 28.9 Å². The minimum Gasteiger partial charge on any atom is -0.466 e. The number of rotatable bonds is 9. The van der Waals surface area contributed by atoms with Crippen molar-refractivity contribution in [2.45, 2.75) is 39.2 Å². The second-order valence-electron chi connectivity index (χ2n) is 7.08. The number of nitrogens with zero attached hydrogens (tertiary/aromatic N) is 3. The fourth-order valence-electron chi connectivity index (χ4n) is 3.27. The van der Waals surface area contributed by atoms with Gasteiger partial charge in [0.1, 0.15) is 5.82 Å². The Morgan fingerprint density at radius 1 is 1.20 bits per heavy atom. The van der Waals surface area contributed by atoms with E-state index in [1.165, 1.54) is 7.11 Å². The van der Waals surface area contributed by atoms with Gasteiger partial charge in [-0.1, -0.05) is 49.2 Å². The maximum atomic E-state index is 12.5. The molecule has 3 aromatic rings. The van der Waals surface area contributed by atoms with Gasteiger partial charge in [-0.2, -0.15) is 0 Å². The first-order valence-corrected chi connectivity index (χ1v) is 10.5. The van der Waals surface area contributed by atoms with Gasteiger partial charge in [0.05, 0.1) is 25.5 Å². The summed E-state index contributed by atoms with van der Waals surface area (Å²) >= 11 is 6.41. The van der Waals surface area contributed by atoms with Crippen LogP contribution in [0.15, 0.2) is 60.6 Å². The molecule has 3 rings (SSSR count). The van der Waals surface area contributed by atoms with Gasteiger partial charge in [-0.05, 0) is 35.8 Å². The number of halogens is 1. The molecule has 0 radical (unpaired) electrons. The summed E-state index contributed by atoms with van der Waals surface area (Å²) in [6.45, 7) is 2.75. The molecule has 0 spiro atoms. The normalized spacial score (nSPS) is 11.5. The van der Waals surface area contributed by atoms with Gasteiger partial charge in [-0.3, -0.25) is 4.98 Å². The molecule has 0 saturated heterocycles. The number of aromatic nitrogens is 3. The molecule has 0 aliphatic carbocycles. The zero-order valence-corrected chi connectivity index (χ0v) is 18.1. The van der Waals surface area contributed by atoms with Crippen LogP contribution >= 0.6 is 11.6 Å². The standard InChI is InChI=1S/C24H26ClN3O2/c1-3-4-11-23-27-16-21(28(23)17-19-9-5-6-10-22(19)25)14-20(24(29)30-2)13-18-8-7-12-26-15-18/h5-10,12,14-16H,3-4,11,13,17H2,1-2H3/b20-14+. The van der Waals surface area contributed by atoms with Crippen molar-refractivity contribution in [2.24, 2.45) is 0 Å². The van der Waals surface area contributed by atoms with Gasteiger partial charge in [0.2, 0.25) is 0 Å². The first-order valence-electron chi connectivity index (χ1n) is 10.1. The number of ether oxygens (including phenoxy) is 1. The molecule has 0 atom stereocenters. The molecule has 0 amide bonds. The van der Waals surface area contributed by atoms with Crippen LogP contribution in [0.4, 0.5) is 0 Å². The maximum absolute atomic E-state index is 12.5. The van der Waals surface area contributed by atoms with E-state index in [1.807, 2.05) is 48.7 Å². The van der Waals surface area contributed by atoms with Crippen molar-refractivity contribution in [3.05, 3.63) is 88.2 Å². The lowest BCUT2D eigenvalue weighted by Gasteiger charge is -2.13. The lowest BCUT2D eigenvalue weighted by molar-refractivity contribution is -0.136. The highest BCUT2D eigenvalue weighted by atomic mass is 35.5. The molecule has 0 fully saturated rings. The molecule has 2 heterocycles. The zero-order chi connectivity index (χ0) is 21.3. The van der Waals surface area contributed by atoms with Gasteiger partial charge >= 0.3 is 5.97 Å². The minimum atomic E-state index is -0.362. The van der Waals surface area contributed by atoms with E-state index in [1.54, 1.807) is 12.4 Å². The van der Waals surface area contributed by atoms with Crippen molar-refractivity contribution in [3.8, 4) is 0 Å². The summed E-state index contributed by atoms with van der Waals surface area (Å²) in [5.74, 6) is 0.619. The average Bonchev–Trinajstić information content (AvgIpc) is 3.14. The number of benzene rings is 1. The van der Waals surface area contributed by atoms with Crippen LogP contribution in [-0.4, -0.2) is 27.6 Å². The SMILES string of the molecule is CCCCc1ncc(/C=C(\Cc2cccnc2)C(=O)OC)n1Cc1ccccc1Cl. The summed E-state index contributed by atoms with van der Waals surface area (Å²) in [4.78, 5) is 21.2. The third-order valence-corrected chi connectivity index (χ3v) is 5.27. The Kier molecular flexibility index (Phi) is 7.80. The molecule has 0 saturated carbocycles. The first kappa shape index (κ1) is 21.8. The van der Waals surface area contributed by atoms with Gasteiger partial charge in [0, 0.05) is 35.8 Å². The van der Waals surface area contributed by atoms with E-state index >= 15 is 0 Å². The molecule has 0 unspecified atom stereocenters. The molecule has 5 nitrogen and oxygen atoms in total. The van der Waals surface area contributed by atoms with Crippen molar-refractivity contribution in [1.29, 1.82) is 0 Å². The van der Waals surface area contributed by atoms with Crippen LogP contribution in [0, 0.1) is 0 Å². The summed E-state index contributed by atoms with van der Waals surface area (Å²) in [6.07, 6.45) is 10.6. The van der Waals surface area contributed by atoms with Crippen LogP contribution in [0.3, 0.4) is 0 Å². The van der Waals surface area contributed by atoms with E-state index in [9.17, 15) is 4.79 Å². The van der Waals surface area contributed by atoms with Crippen molar-refractivity contribution >= 4 is 23.6 Å². The number of esters is 1. The number of carbonyl (C=O) groups excluding carboxylic acids is 1. The molecule has 30 heavy (non-hydrogen) atoms. The highest BCUT2D eigenvalue weighted by Gasteiger charge is 2.15. The Morgan fingerprint density at radius 3 is 2.73 bits per heavy atom. The lowest BCUT2D eigenvalue weighted by atomic mass is 10.1. The van der Waals surface area contributed by atoms with E-state index in [0.717, 1.165) is 41.9 Å². The number of aryl methyl sites for hydroxylation is 1. The zero-order valence-electron chi connectivity index (χ0n) is 17.3. The number of imidazole rings is 1. The summed E-state index contributed by atoms with van der Waals surface area (Å²) in [5, 5.41) is 0.714. The molecule has 6 heteroatoms. The molecule has 0 bridgehead atoms. The smallest absolute Gasteiger partial charge is 0.334 e. The number of hydrogen-bond donors (Lipinski definition) is 0. The Bertz CT molecular complexity index is 1010.